The molecule has 0 bridgehead atoms. The summed E-state index contributed by atoms with van der Waals surface area (Å²) in [6, 6.07) is 8.46. The minimum absolute atomic E-state index is 0.238. The molecule has 2 unspecified atom stereocenters. The molecular formula is C15H23NO. The van der Waals surface area contributed by atoms with Gasteiger partial charge >= 0.3 is 0 Å². The Morgan fingerprint density at radius 1 is 1.47 bits per heavy atom. The second kappa shape index (κ2) is 4.69. The van der Waals surface area contributed by atoms with Crippen LogP contribution >= 0.6 is 0 Å². The molecule has 17 heavy (non-hydrogen) atoms. The first-order valence-electron chi connectivity index (χ1n) is 6.57. The largest absolute Gasteiger partial charge is 0.508 e. The maximum atomic E-state index is 9.67. The molecule has 0 radical (unpaired) electrons. The minimum atomic E-state index is 0.238. The molecule has 1 aliphatic heterocycles. The fourth-order valence-electron chi connectivity index (χ4n) is 3.27. The maximum absolute atomic E-state index is 9.67. The molecule has 0 amide bonds. The number of benzene rings is 1. The molecule has 0 saturated carbocycles. The Kier molecular flexibility index (Phi) is 3.43. The highest BCUT2D eigenvalue weighted by Crippen LogP contribution is 2.41. The number of phenolic OH excluding ortho intramolecular Hbond substituents is 1. The molecule has 1 saturated heterocycles. The SMILES string of the molecule is CCCC1(c2cccc(O)c2)CC(C)N(C)C1. The Morgan fingerprint density at radius 3 is 2.76 bits per heavy atom. The third-order valence-corrected chi connectivity index (χ3v) is 4.18. The summed E-state index contributed by atoms with van der Waals surface area (Å²) < 4.78 is 0. The van der Waals surface area contributed by atoms with Gasteiger partial charge in [0.1, 0.15) is 5.75 Å². The van der Waals surface area contributed by atoms with E-state index in [-0.39, 0.29) is 5.41 Å². The standard InChI is InChI=1S/C15H23NO/c1-4-8-15(10-12(2)16(3)11-15)13-6-5-7-14(17)9-13/h5-7,9,12,17H,4,8,10-11H2,1-3H3. The van der Waals surface area contributed by atoms with Gasteiger partial charge in [0.05, 0.1) is 0 Å². The lowest BCUT2D eigenvalue weighted by Crippen LogP contribution is -2.29. The van der Waals surface area contributed by atoms with Crippen molar-refractivity contribution in [1.82, 2.24) is 4.90 Å². The van der Waals surface area contributed by atoms with Crippen LogP contribution in [0.15, 0.2) is 24.3 Å². The summed E-state index contributed by atoms with van der Waals surface area (Å²) in [6.07, 6.45) is 3.59. The first-order valence-corrected chi connectivity index (χ1v) is 6.57. The van der Waals surface area contributed by atoms with Crippen LogP contribution in [-0.4, -0.2) is 29.6 Å². The van der Waals surface area contributed by atoms with Crippen LogP contribution in [0.25, 0.3) is 0 Å². The Labute approximate surface area is 104 Å². The van der Waals surface area contributed by atoms with Crippen molar-refractivity contribution >= 4 is 0 Å². The van der Waals surface area contributed by atoms with Gasteiger partial charge in [-0.15, -0.1) is 0 Å². The molecule has 2 nitrogen and oxygen atoms in total. The molecule has 1 heterocycles. The average molecular weight is 233 g/mol. The number of hydrogen-bond acceptors (Lipinski definition) is 2. The first-order chi connectivity index (χ1) is 8.07. The molecule has 2 rings (SSSR count). The lowest BCUT2D eigenvalue weighted by molar-refractivity contribution is 0.314. The second-order valence-corrected chi connectivity index (χ2v) is 5.55. The molecule has 1 fully saturated rings. The maximum Gasteiger partial charge on any atom is 0.115 e. The van der Waals surface area contributed by atoms with Gasteiger partial charge in [-0.05, 0) is 44.5 Å². The van der Waals surface area contributed by atoms with E-state index in [1.54, 1.807) is 6.07 Å². The van der Waals surface area contributed by atoms with E-state index in [0.29, 0.717) is 11.8 Å². The number of hydrogen-bond donors (Lipinski definition) is 1. The molecule has 0 aliphatic carbocycles. The van der Waals surface area contributed by atoms with E-state index in [4.69, 9.17) is 0 Å². The smallest absolute Gasteiger partial charge is 0.115 e. The van der Waals surface area contributed by atoms with Crippen LogP contribution in [0.2, 0.25) is 0 Å². The summed E-state index contributed by atoms with van der Waals surface area (Å²) in [5.74, 6) is 0.389. The molecule has 1 aromatic carbocycles. The van der Waals surface area contributed by atoms with Crippen LogP contribution < -0.4 is 0 Å². The average Bonchev–Trinajstić information content (AvgIpc) is 2.56. The Balaban J connectivity index is 2.35. The van der Waals surface area contributed by atoms with Crippen LogP contribution in [-0.2, 0) is 5.41 Å². The highest BCUT2D eigenvalue weighted by atomic mass is 16.3. The molecule has 94 valence electrons. The van der Waals surface area contributed by atoms with E-state index >= 15 is 0 Å². The Bertz CT molecular complexity index is 378. The Morgan fingerprint density at radius 2 is 2.24 bits per heavy atom. The van der Waals surface area contributed by atoms with Crippen molar-refractivity contribution < 1.29 is 5.11 Å². The summed E-state index contributed by atoms with van der Waals surface area (Å²) in [7, 11) is 2.20. The van der Waals surface area contributed by atoms with Gasteiger partial charge in [0.2, 0.25) is 0 Å². The predicted octanol–water partition coefficient (Wildman–Crippen LogP) is 3.15. The summed E-state index contributed by atoms with van der Waals surface area (Å²) in [5, 5.41) is 9.67. The van der Waals surface area contributed by atoms with Crippen LogP contribution in [0.1, 0.15) is 38.7 Å². The van der Waals surface area contributed by atoms with Crippen molar-refractivity contribution in [3.05, 3.63) is 29.8 Å². The summed E-state index contributed by atoms with van der Waals surface area (Å²) in [5.41, 5.74) is 1.54. The van der Waals surface area contributed by atoms with Crippen LogP contribution in [0.3, 0.4) is 0 Å². The van der Waals surface area contributed by atoms with E-state index in [2.05, 4.69) is 31.9 Å². The van der Waals surface area contributed by atoms with Gasteiger partial charge in [-0.1, -0.05) is 25.5 Å². The fourth-order valence-corrected chi connectivity index (χ4v) is 3.27. The first kappa shape index (κ1) is 12.4. The zero-order valence-corrected chi connectivity index (χ0v) is 11.1. The van der Waals surface area contributed by atoms with Gasteiger partial charge in [-0.2, -0.15) is 0 Å². The summed E-state index contributed by atoms with van der Waals surface area (Å²) in [6.45, 7) is 5.64. The van der Waals surface area contributed by atoms with Crippen molar-refractivity contribution in [2.45, 2.75) is 44.6 Å². The lowest BCUT2D eigenvalue weighted by Gasteiger charge is -2.29. The zero-order chi connectivity index (χ0) is 12.5. The number of likely N-dealkylation sites (N-methyl/N-ethyl adjacent to an activating group) is 1. The third kappa shape index (κ3) is 2.32. The summed E-state index contributed by atoms with van der Waals surface area (Å²) in [4.78, 5) is 2.43. The van der Waals surface area contributed by atoms with E-state index in [0.717, 1.165) is 6.54 Å². The van der Waals surface area contributed by atoms with E-state index in [1.165, 1.54) is 24.8 Å². The molecule has 1 aliphatic rings. The predicted molar refractivity (Wildman–Crippen MR) is 71.4 cm³/mol. The number of aromatic hydroxyl groups is 1. The summed E-state index contributed by atoms with van der Waals surface area (Å²) >= 11 is 0. The number of rotatable bonds is 3. The van der Waals surface area contributed by atoms with Crippen molar-refractivity contribution in [2.75, 3.05) is 13.6 Å². The van der Waals surface area contributed by atoms with E-state index in [1.807, 2.05) is 12.1 Å². The number of likely N-dealkylation sites (tertiary alicyclic amines) is 1. The normalized spacial score (nSPS) is 29.7. The molecule has 0 aromatic heterocycles. The highest BCUT2D eigenvalue weighted by molar-refractivity contribution is 5.34. The quantitative estimate of drug-likeness (QED) is 0.867. The van der Waals surface area contributed by atoms with Gasteiger partial charge in [0.15, 0.2) is 0 Å². The van der Waals surface area contributed by atoms with Crippen molar-refractivity contribution in [3.8, 4) is 5.75 Å². The van der Waals surface area contributed by atoms with Gasteiger partial charge in [0, 0.05) is 18.0 Å². The van der Waals surface area contributed by atoms with Crippen molar-refractivity contribution in [3.63, 3.8) is 0 Å². The van der Waals surface area contributed by atoms with Gasteiger partial charge in [0.25, 0.3) is 0 Å². The highest BCUT2D eigenvalue weighted by Gasteiger charge is 2.41. The van der Waals surface area contributed by atoms with Crippen molar-refractivity contribution in [1.29, 1.82) is 0 Å². The Hall–Kier alpha value is -1.02. The molecule has 1 aromatic rings. The van der Waals surface area contributed by atoms with Crippen LogP contribution in [0.5, 0.6) is 5.75 Å². The van der Waals surface area contributed by atoms with E-state index < -0.39 is 0 Å². The minimum Gasteiger partial charge on any atom is -0.508 e. The molecule has 1 N–H and O–H groups in total. The van der Waals surface area contributed by atoms with Crippen LogP contribution in [0.4, 0.5) is 0 Å². The topological polar surface area (TPSA) is 23.5 Å². The van der Waals surface area contributed by atoms with Crippen molar-refractivity contribution in [2.24, 2.45) is 0 Å². The van der Waals surface area contributed by atoms with Gasteiger partial charge in [-0.3, -0.25) is 0 Å². The van der Waals surface area contributed by atoms with Gasteiger partial charge < -0.3 is 10.0 Å². The van der Waals surface area contributed by atoms with E-state index in [9.17, 15) is 5.11 Å². The lowest BCUT2D eigenvalue weighted by atomic mass is 9.75. The molecule has 2 atom stereocenters. The number of nitrogens with zero attached hydrogens (tertiary/aromatic N) is 1. The molecular weight excluding hydrogens is 210 g/mol. The molecule has 2 heteroatoms. The zero-order valence-electron chi connectivity index (χ0n) is 11.1. The second-order valence-electron chi connectivity index (χ2n) is 5.55. The monoisotopic (exact) mass is 233 g/mol. The number of phenols is 1. The fraction of sp³-hybridized carbons (Fsp3) is 0.600. The van der Waals surface area contributed by atoms with Gasteiger partial charge in [-0.25, -0.2) is 0 Å². The van der Waals surface area contributed by atoms with Crippen LogP contribution in [0, 0.1) is 0 Å². The molecule has 0 spiro atoms. The third-order valence-electron chi connectivity index (χ3n) is 4.18.